The highest BCUT2D eigenvalue weighted by Gasteiger charge is 2.12. The average molecular weight is 275 g/mol. The summed E-state index contributed by atoms with van der Waals surface area (Å²) in [5.74, 6) is 0.542. The number of nitrogens with two attached hydrogens (primary N) is 1. The fourth-order valence-electron chi connectivity index (χ4n) is 2.77. The summed E-state index contributed by atoms with van der Waals surface area (Å²) in [6, 6.07) is 7.95. The van der Waals surface area contributed by atoms with Gasteiger partial charge in [0, 0.05) is 11.6 Å². The highest BCUT2D eigenvalue weighted by molar-refractivity contribution is 5.66. The molecule has 0 aromatic heterocycles. The Balaban J connectivity index is 1.66. The predicted octanol–water partition coefficient (Wildman–Crippen LogP) is 5.06. The Bertz CT molecular complexity index is 656. The van der Waals surface area contributed by atoms with Gasteiger partial charge in [-0.3, -0.25) is 0 Å². The molecule has 3 rings (SSSR count). The Morgan fingerprint density at radius 2 is 1.90 bits per heavy atom. The van der Waals surface area contributed by atoms with Crippen molar-refractivity contribution in [2.45, 2.75) is 19.3 Å². The summed E-state index contributed by atoms with van der Waals surface area (Å²) in [6.07, 6.45) is 21.4. The molecule has 1 aromatic rings. The lowest BCUT2D eigenvalue weighted by molar-refractivity contribution is 0.767. The summed E-state index contributed by atoms with van der Waals surface area (Å²) < 4.78 is 0. The van der Waals surface area contributed by atoms with Gasteiger partial charge < -0.3 is 5.73 Å². The second-order valence-electron chi connectivity index (χ2n) is 5.55. The minimum atomic E-state index is 0.542. The van der Waals surface area contributed by atoms with Crippen molar-refractivity contribution in [1.29, 1.82) is 0 Å². The van der Waals surface area contributed by atoms with Crippen LogP contribution in [-0.4, -0.2) is 0 Å². The van der Waals surface area contributed by atoms with Crippen LogP contribution in [0.1, 0.15) is 24.8 Å². The van der Waals surface area contributed by atoms with Gasteiger partial charge in [0.2, 0.25) is 0 Å². The second kappa shape index (κ2) is 6.45. The molecule has 1 aromatic carbocycles. The Morgan fingerprint density at radius 1 is 1.00 bits per heavy atom. The molecule has 1 heteroatoms. The summed E-state index contributed by atoms with van der Waals surface area (Å²) >= 11 is 0. The molecule has 0 bridgehead atoms. The van der Waals surface area contributed by atoms with Gasteiger partial charge in [-0.25, -0.2) is 0 Å². The highest BCUT2D eigenvalue weighted by Crippen LogP contribution is 2.27. The minimum Gasteiger partial charge on any atom is -0.398 e. The van der Waals surface area contributed by atoms with E-state index in [-0.39, 0.29) is 0 Å². The molecule has 0 radical (unpaired) electrons. The van der Waals surface area contributed by atoms with E-state index >= 15 is 0 Å². The van der Waals surface area contributed by atoms with Crippen molar-refractivity contribution in [3.63, 3.8) is 0 Å². The van der Waals surface area contributed by atoms with Crippen LogP contribution in [-0.2, 0) is 0 Å². The van der Waals surface area contributed by atoms with Crippen molar-refractivity contribution in [3.05, 3.63) is 83.5 Å². The molecule has 2 N–H and O–H groups in total. The van der Waals surface area contributed by atoms with Gasteiger partial charge in [0.1, 0.15) is 0 Å². The number of hydrogen-bond donors (Lipinski definition) is 1. The number of rotatable bonds is 3. The van der Waals surface area contributed by atoms with E-state index in [4.69, 9.17) is 5.73 Å². The molecule has 1 nitrogen and oxygen atoms in total. The third kappa shape index (κ3) is 3.43. The van der Waals surface area contributed by atoms with Crippen LogP contribution < -0.4 is 5.73 Å². The summed E-state index contributed by atoms with van der Waals surface area (Å²) in [5, 5.41) is 0. The smallest absolute Gasteiger partial charge is 0.0387 e. The van der Waals surface area contributed by atoms with E-state index in [0.29, 0.717) is 5.92 Å². The van der Waals surface area contributed by atoms with Crippen molar-refractivity contribution in [1.82, 2.24) is 0 Å². The van der Waals surface area contributed by atoms with Gasteiger partial charge in [-0.15, -0.1) is 0 Å². The van der Waals surface area contributed by atoms with Gasteiger partial charge in [-0.05, 0) is 42.0 Å². The number of benzene rings is 1. The van der Waals surface area contributed by atoms with E-state index in [1.165, 1.54) is 24.0 Å². The zero-order valence-corrected chi connectivity index (χ0v) is 12.2. The van der Waals surface area contributed by atoms with Crippen LogP contribution in [0.2, 0.25) is 0 Å². The van der Waals surface area contributed by atoms with Gasteiger partial charge in [0.05, 0.1) is 0 Å². The van der Waals surface area contributed by atoms with E-state index in [2.05, 4.69) is 48.6 Å². The lowest BCUT2D eigenvalue weighted by Crippen LogP contribution is -2.03. The zero-order chi connectivity index (χ0) is 14.5. The first-order valence-corrected chi connectivity index (χ1v) is 7.60. The molecule has 2 aliphatic rings. The first kappa shape index (κ1) is 13.7. The number of anilines is 1. The molecule has 21 heavy (non-hydrogen) atoms. The molecule has 0 heterocycles. The van der Waals surface area contributed by atoms with Crippen LogP contribution >= 0.6 is 0 Å². The van der Waals surface area contributed by atoms with Gasteiger partial charge in [-0.2, -0.15) is 0 Å². The Hall–Kier alpha value is -2.28. The van der Waals surface area contributed by atoms with Crippen molar-refractivity contribution in [2.75, 3.05) is 5.73 Å². The molecular formula is C20H21N. The maximum absolute atomic E-state index is 5.95. The van der Waals surface area contributed by atoms with Gasteiger partial charge in [0.15, 0.2) is 0 Å². The Morgan fingerprint density at radius 3 is 2.62 bits per heavy atom. The fraction of sp³-hybridized carbons (Fsp3) is 0.200. The Kier molecular flexibility index (Phi) is 4.20. The quantitative estimate of drug-likeness (QED) is 0.766. The topological polar surface area (TPSA) is 26.0 Å². The van der Waals surface area contributed by atoms with Crippen LogP contribution in [0.5, 0.6) is 0 Å². The van der Waals surface area contributed by atoms with E-state index in [0.717, 1.165) is 17.7 Å². The van der Waals surface area contributed by atoms with E-state index < -0.39 is 0 Å². The largest absolute Gasteiger partial charge is 0.398 e. The zero-order valence-electron chi connectivity index (χ0n) is 12.2. The third-order valence-electron chi connectivity index (χ3n) is 4.03. The van der Waals surface area contributed by atoms with E-state index in [1.807, 2.05) is 24.3 Å². The summed E-state index contributed by atoms with van der Waals surface area (Å²) in [7, 11) is 0. The minimum absolute atomic E-state index is 0.542. The SMILES string of the molecule is Nc1ccccc1/C=C/C1=CCC(C2=CCCC=C2)C=C1. The first-order chi connectivity index (χ1) is 10.3. The number of hydrogen-bond acceptors (Lipinski definition) is 1. The number of allylic oxidation sites excluding steroid dienone is 9. The standard InChI is InChI=1S/C20H21N/c21-20-9-5-4-8-19(20)15-12-16-10-13-18(14-11-16)17-6-2-1-3-7-17/h2,4-13,15,18H,1,3,14,21H2/b15-12+. The van der Waals surface area contributed by atoms with Crippen LogP contribution in [0.3, 0.4) is 0 Å². The van der Waals surface area contributed by atoms with Crippen LogP contribution in [0, 0.1) is 5.92 Å². The molecule has 0 saturated carbocycles. The monoisotopic (exact) mass is 275 g/mol. The van der Waals surface area contributed by atoms with Crippen molar-refractivity contribution >= 4 is 11.8 Å². The fourth-order valence-corrected chi connectivity index (χ4v) is 2.77. The van der Waals surface area contributed by atoms with Crippen molar-refractivity contribution in [3.8, 4) is 0 Å². The second-order valence-corrected chi connectivity index (χ2v) is 5.55. The highest BCUT2D eigenvalue weighted by atomic mass is 14.5. The summed E-state index contributed by atoms with van der Waals surface area (Å²) in [4.78, 5) is 0. The Labute approximate surface area is 126 Å². The molecule has 0 saturated heterocycles. The number of para-hydroxylation sites is 1. The van der Waals surface area contributed by atoms with Gasteiger partial charge in [0.25, 0.3) is 0 Å². The van der Waals surface area contributed by atoms with Crippen LogP contribution in [0.15, 0.2) is 77.9 Å². The maximum atomic E-state index is 5.95. The first-order valence-electron chi connectivity index (χ1n) is 7.60. The van der Waals surface area contributed by atoms with Crippen molar-refractivity contribution < 1.29 is 0 Å². The van der Waals surface area contributed by atoms with Crippen LogP contribution in [0.4, 0.5) is 5.69 Å². The molecular weight excluding hydrogens is 254 g/mol. The lowest BCUT2D eigenvalue weighted by Gasteiger charge is -2.18. The third-order valence-corrected chi connectivity index (χ3v) is 4.03. The van der Waals surface area contributed by atoms with E-state index in [9.17, 15) is 0 Å². The average Bonchev–Trinajstić information content (AvgIpc) is 2.55. The molecule has 0 fully saturated rings. The van der Waals surface area contributed by atoms with Gasteiger partial charge in [-0.1, -0.05) is 66.8 Å². The lowest BCUT2D eigenvalue weighted by atomic mass is 9.87. The maximum Gasteiger partial charge on any atom is 0.0387 e. The van der Waals surface area contributed by atoms with E-state index in [1.54, 1.807) is 0 Å². The molecule has 2 aliphatic carbocycles. The normalized spacial score (nSPS) is 21.4. The molecule has 0 amide bonds. The number of nitrogen functional groups attached to an aromatic ring is 1. The van der Waals surface area contributed by atoms with Crippen LogP contribution in [0.25, 0.3) is 6.08 Å². The van der Waals surface area contributed by atoms with Gasteiger partial charge >= 0.3 is 0 Å². The molecule has 0 spiro atoms. The molecule has 1 unspecified atom stereocenters. The molecule has 0 aliphatic heterocycles. The summed E-state index contributed by atoms with van der Waals surface area (Å²) in [5.41, 5.74) is 10.6. The molecule has 106 valence electrons. The van der Waals surface area contributed by atoms with Crippen molar-refractivity contribution in [2.24, 2.45) is 5.92 Å². The predicted molar refractivity (Wildman–Crippen MR) is 91.7 cm³/mol. The molecule has 1 atom stereocenters. The summed E-state index contributed by atoms with van der Waals surface area (Å²) in [6.45, 7) is 0.